The molecule has 0 radical (unpaired) electrons. The van der Waals surface area contributed by atoms with Gasteiger partial charge < -0.3 is 19.9 Å². The predicted molar refractivity (Wildman–Crippen MR) is 102 cm³/mol. The number of methoxy groups -OCH3 is 1. The highest BCUT2D eigenvalue weighted by Gasteiger charge is 2.27. The summed E-state index contributed by atoms with van der Waals surface area (Å²) >= 11 is 6.45. The number of ether oxygens (including phenoxy) is 2. The van der Waals surface area contributed by atoms with Gasteiger partial charge in [0.25, 0.3) is 0 Å². The summed E-state index contributed by atoms with van der Waals surface area (Å²) < 4.78 is 10.5. The summed E-state index contributed by atoms with van der Waals surface area (Å²) in [5.74, 6) is 1.40. The van der Waals surface area contributed by atoms with Crippen LogP contribution >= 0.6 is 11.6 Å². The molecule has 0 aliphatic carbocycles. The van der Waals surface area contributed by atoms with Crippen molar-refractivity contribution in [1.29, 1.82) is 0 Å². The van der Waals surface area contributed by atoms with E-state index in [4.69, 9.17) is 31.0 Å². The van der Waals surface area contributed by atoms with Crippen molar-refractivity contribution in [2.75, 3.05) is 25.6 Å². The molecule has 0 spiro atoms. The molecular weight excluding hydrogens is 354 g/mol. The molecule has 2 heterocycles. The molecule has 1 aliphatic heterocycles. The van der Waals surface area contributed by atoms with E-state index in [9.17, 15) is 5.11 Å². The van der Waals surface area contributed by atoms with Crippen LogP contribution in [0.2, 0.25) is 5.02 Å². The van der Waals surface area contributed by atoms with Crippen molar-refractivity contribution in [3.05, 3.63) is 34.6 Å². The topological polar surface area (TPSA) is 76.5 Å². The zero-order valence-corrected chi connectivity index (χ0v) is 16.0. The maximum Gasteiger partial charge on any atom is 0.148 e. The molecule has 0 bridgehead atoms. The van der Waals surface area contributed by atoms with E-state index in [1.54, 1.807) is 13.2 Å². The van der Waals surface area contributed by atoms with E-state index in [2.05, 4.69) is 5.32 Å². The summed E-state index contributed by atoms with van der Waals surface area (Å²) in [6.45, 7) is 4.86. The van der Waals surface area contributed by atoms with Gasteiger partial charge in [-0.25, -0.2) is 9.97 Å². The van der Waals surface area contributed by atoms with Crippen molar-refractivity contribution in [3.8, 4) is 17.0 Å². The van der Waals surface area contributed by atoms with Gasteiger partial charge >= 0.3 is 0 Å². The Morgan fingerprint density at radius 3 is 2.58 bits per heavy atom. The van der Waals surface area contributed by atoms with Crippen LogP contribution in [-0.4, -0.2) is 47.5 Å². The van der Waals surface area contributed by atoms with Gasteiger partial charge in [0.15, 0.2) is 0 Å². The van der Waals surface area contributed by atoms with E-state index in [-0.39, 0.29) is 6.04 Å². The first-order chi connectivity index (χ1) is 12.6. The number of halogens is 1. The van der Waals surface area contributed by atoms with Crippen LogP contribution in [0.5, 0.6) is 5.75 Å². The maximum absolute atomic E-state index is 9.99. The monoisotopic (exact) mass is 377 g/mol. The second-order valence-corrected chi connectivity index (χ2v) is 6.63. The van der Waals surface area contributed by atoms with Gasteiger partial charge in [-0.1, -0.05) is 25.4 Å². The molecule has 0 unspecified atom stereocenters. The summed E-state index contributed by atoms with van der Waals surface area (Å²) in [6, 6.07) is 5.38. The Morgan fingerprint density at radius 2 is 2.00 bits per heavy atom. The van der Waals surface area contributed by atoms with Crippen LogP contribution < -0.4 is 10.1 Å². The molecule has 1 fully saturated rings. The average molecular weight is 378 g/mol. The number of benzene rings is 1. The minimum Gasteiger partial charge on any atom is -0.497 e. The Hall–Kier alpha value is -1.89. The molecule has 1 aromatic heterocycles. The number of nitrogens with one attached hydrogen (secondary N) is 1. The predicted octanol–water partition coefficient (Wildman–Crippen LogP) is 3.10. The molecule has 1 saturated heterocycles. The number of aliphatic hydroxyl groups is 1. The smallest absolute Gasteiger partial charge is 0.148 e. The largest absolute Gasteiger partial charge is 0.497 e. The number of hydrogen-bond acceptors (Lipinski definition) is 6. The summed E-state index contributed by atoms with van der Waals surface area (Å²) in [4.78, 5) is 9.63. The average Bonchev–Trinajstić information content (AvgIpc) is 3.06. The van der Waals surface area contributed by atoms with Gasteiger partial charge in [-0.2, -0.15) is 0 Å². The van der Waals surface area contributed by atoms with Crippen LogP contribution in [0.1, 0.15) is 25.2 Å². The van der Waals surface area contributed by atoms with Crippen LogP contribution in [0, 0.1) is 0 Å². The summed E-state index contributed by atoms with van der Waals surface area (Å²) in [5.41, 5.74) is 3.31. The third-order valence-corrected chi connectivity index (χ3v) is 4.83. The third-order valence-electron chi connectivity index (χ3n) is 4.51. The second kappa shape index (κ2) is 8.20. The molecule has 0 saturated carbocycles. The lowest BCUT2D eigenvalue weighted by Crippen LogP contribution is -2.33. The zero-order valence-electron chi connectivity index (χ0n) is 15.3. The van der Waals surface area contributed by atoms with E-state index in [0.29, 0.717) is 42.6 Å². The quantitative estimate of drug-likeness (QED) is 0.805. The Balaban J connectivity index is 2.01. The minimum absolute atomic E-state index is 0.172. The fourth-order valence-corrected chi connectivity index (χ4v) is 3.26. The van der Waals surface area contributed by atoms with Crippen molar-refractivity contribution >= 4 is 17.4 Å². The first-order valence-electron chi connectivity index (χ1n) is 8.83. The molecular formula is C19H24ClN3O3. The number of rotatable bonds is 6. The van der Waals surface area contributed by atoms with Crippen molar-refractivity contribution in [2.45, 2.75) is 38.8 Å². The summed E-state index contributed by atoms with van der Waals surface area (Å²) in [6.07, 6.45) is 0.888. The zero-order chi connectivity index (χ0) is 18.7. The van der Waals surface area contributed by atoms with E-state index in [0.717, 1.165) is 22.6 Å². The van der Waals surface area contributed by atoms with Crippen LogP contribution in [-0.2, 0) is 17.6 Å². The number of aliphatic hydroxyl groups excluding tert-OH is 1. The lowest BCUT2D eigenvalue weighted by atomic mass is 10.1. The Bertz CT molecular complexity index is 785. The maximum atomic E-state index is 9.99. The van der Waals surface area contributed by atoms with E-state index in [1.165, 1.54) is 0 Å². The number of hydrogen-bond donors (Lipinski definition) is 2. The first-order valence-corrected chi connectivity index (χ1v) is 9.21. The van der Waals surface area contributed by atoms with Crippen LogP contribution in [0.15, 0.2) is 18.2 Å². The molecule has 6 nitrogen and oxygen atoms in total. The fraction of sp³-hybridized carbons (Fsp3) is 0.474. The molecule has 2 aromatic rings. The van der Waals surface area contributed by atoms with E-state index < -0.39 is 6.10 Å². The van der Waals surface area contributed by atoms with Gasteiger partial charge in [-0.05, 0) is 31.0 Å². The van der Waals surface area contributed by atoms with Crippen molar-refractivity contribution in [1.82, 2.24) is 9.97 Å². The lowest BCUT2D eigenvalue weighted by Gasteiger charge is -2.19. The number of aromatic nitrogens is 2. The molecule has 1 aromatic carbocycles. The molecule has 2 N–H and O–H groups in total. The van der Waals surface area contributed by atoms with E-state index in [1.807, 2.05) is 26.0 Å². The molecule has 26 heavy (non-hydrogen) atoms. The highest BCUT2D eigenvalue weighted by molar-refractivity contribution is 6.33. The third kappa shape index (κ3) is 3.77. The van der Waals surface area contributed by atoms with Gasteiger partial charge in [-0.15, -0.1) is 0 Å². The standard InChI is InChI=1S/C19H24ClN3O3/c1-4-14-18(12-7-6-11(25-3)8-13(12)20)21-15(5-2)19(22-14)23-16-9-26-10-17(16)24/h6-8,16-17,24H,4-5,9-10H2,1-3H3,(H,22,23)/t16-,17+/m1/s1. The Kier molecular flexibility index (Phi) is 5.96. The van der Waals surface area contributed by atoms with Crippen molar-refractivity contribution in [3.63, 3.8) is 0 Å². The molecule has 7 heteroatoms. The van der Waals surface area contributed by atoms with Crippen molar-refractivity contribution in [2.24, 2.45) is 0 Å². The Labute approximate surface area is 158 Å². The van der Waals surface area contributed by atoms with Gasteiger partial charge in [0.1, 0.15) is 11.6 Å². The van der Waals surface area contributed by atoms with Gasteiger partial charge in [0, 0.05) is 5.56 Å². The van der Waals surface area contributed by atoms with Crippen LogP contribution in [0.4, 0.5) is 5.82 Å². The molecule has 0 amide bonds. The summed E-state index contributed by atoms with van der Waals surface area (Å²) in [5, 5.41) is 13.9. The second-order valence-electron chi connectivity index (χ2n) is 6.22. The molecule has 140 valence electrons. The fourth-order valence-electron chi connectivity index (χ4n) is 3.00. The first kappa shape index (κ1) is 18.9. The molecule has 1 aliphatic rings. The molecule has 3 rings (SSSR count). The van der Waals surface area contributed by atoms with Crippen molar-refractivity contribution < 1.29 is 14.6 Å². The minimum atomic E-state index is -0.540. The van der Waals surface area contributed by atoms with Gasteiger partial charge in [0.2, 0.25) is 0 Å². The SMILES string of the molecule is CCc1nc(-c2ccc(OC)cc2Cl)c(CC)nc1N[C@@H]1COC[C@@H]1O. The number of anilines is 1. The van der Waals surface area contributed by atoms with Gasteiger partial charge in [-0.3, -0.25) is 0 Å². The number of aryl methyl sites for hydroxylation is 2. The molecule has 2 atom stereocenters. The Morgan fingerprint density at radius 1 is 1.23 bits per heavy atom. The van der Waals surface area contributed by atoms with E-state index >= 15 is 0 Å². The van der Waals surface area contributed by atoms with Gasteiger partial charge in [0.05, 0.1) is 54.6 Å². The summed E-state index contributed by atoms with van der Waals surface area (Å²) in [7, 11) is 1.61. The lowest BCUT2D eigenvalue weighted by molar-refractivity contribution is 0.125. The normalized spacial score (nSPS) is 19.6. The highest BCUT2D eigenvalue weighted by atomic mass is 35.5. The highest BCUT2D eigenvalue weighted by Crippen LogP contribution is 2.33. The van der Waals surface area contributed by atoms with Crippen LogP contribution in [0.25, 0.3) is 11.3 Å². The number of nitrogens with zero attached hydrogens (tertiary/aromatic N) is 2. The van der Waals surface area contributed by atoms with Crippen LogP contribution in [0.3, 0.4) is 0 Å².